The van der Waals surface area contributed by atoms with Crippen LogP contribution in [0.2, 0.25) is 0 Å². The fourth-order valence-electron chi connectivity index (χ4n) is 3.85. The number of nitrogens with one attached hydrogen (secondary N) is 2. The first-order valence-corrected chi connectivity index (χ1v) is 8.86. The van der Waals surface area contributed by atoms with E-state index >= 15 is 0 Å². The SMILES string of the molecule is Cc1nc(C)c(C(C)NC(=O)C2CC3CCCCC3N2)s1. The van der Waals surface area contributed by atoms with Crippen LogP contribution in [-0.2, 0) is 4.79 Å². The van der Waals surface area contributed by atoms with Crippen molar-refractivity contribution >= 4 is 17.2 Å². The zero-order valence-electron chi connectivity index (χ0n) is 13.1. The van der Waals surface area contributed by atoms with Crippen LogP contribution in [0.15, 0.2) is 0 Å². The molecule has 0 spiro atoms. The molecule has 1 saturated carbocycles. The van der Waals surface area contributed by atoms with Crippen LogP contribution >= 0.6 is 11.3 Å². The molecule has 1 aromatic heterocycles. The minimum absolute atomic E-state index is 0.00475. The lowest BCUT2D eigenvalue weighted by atomic mass is 9.85. The second kappa shape index (κ2) is 6.05. The Morgan fingerprint density at radius 2 is 2.14 bits per heavy atom. The van der Waals surface area contributed by atoms with Gasteiger partial charge >= 0.3 is 0 Å². The molecule has 1 aliphatic carbocycles. The van der Waals surface area contributed by atoms with Gasteiger partial charge in [-0.2, -0.15) is 0 Å². The molecular weight excluding hydrogens is 282 g/mol. The van der Waals surface area contributed by atoms with E-state index in [0.29, 0.717) is 12.0 Å². The zero-order chi connectivity index (χ0) is 15.0. The number of carbonyl (C=O) groups excluding carboxylic acids is 1. The van der Waals surface area contributed by atoms with Gasteiger partial charge in [-0.15, -0.1) is 11.3 Å². The summed E-state index contributed by atoms with van der Waals surface area (Å²) in [6, 6.07) is 0.611. The van der Waals surface area contributed by atoms with Crippen molar-refractivity contribution in [2.75, 3.05) is 0 Å². The average Bonchev–Trinajstić information content (AvgIpc) is 3.01. The maximum absolute atomic E-state index is 12.5. The minimum Gasteiger partial charge on any atom is -0.347 e. The number of aryl methyl sites for hydroxylation is 2. The molecular formula is C16H25N3OS. The summed E-state index contributed by atoms with van der Waals surface area (Å²) in [6.07, 6.45) is 6.15. The van der Waals surface area contributed by atoms with Crippen molar-refractivity contribution in [3.8, 4) is 0 Å². The molecule has 4 nitrogen and oxygen atoms in total. The second-order valence-electron chi connectivity index (χ2n) is 6.52. The lowest BCUT2D eigenvalue weighted by Crippen LogP contribution is -2.43. The van der Waals surface area contributed by atoms with Gasteiger partial charge < -0.3 is 10.6 Å². The Kier molecular flexibility index (Phi) is 4.31. The van der Waals surface area contributed by atoms with Gasteiger partial charge in [0.2, 0.25) is 5.91 Å². The monoisotopic (exact) mass is 307 g/mol. The van der Waals surface area contributed by atoms with Crippen molar-refractivity contribution in [3.05, 3.63) is 15.6 Å². The molecule has 2 N–H and O–H groups in total. The van der Waals surface area contributed by atoms with E-state index in [1.165, 1.54) is 30.6 Å². The smallest absolute Gasteiger partial charge is 0.237 e. The van der Waals surface area contributed by atoms with Crippen LogP contribution in [0.5, 0.6) is 0 Å². The number of amides is 1. The molecule has 2 heterocycles. The third-order valence-electron chi connectivity index (χ3n) is 4.87. The summed E-state index contributed by atoms with van der Waals surface area (Å²) in [6.45, 7) is 6.09. The Hall–Kier alpha value is -0.940. The molecule has 2 aliphatic rings. The molecule has 21 heavy (non-hydrogen) atoms. The van der Waals surface area contributed by atoms with E-state index in [4.69, 9.17) is 0 Å². The van der Waals surface area contributed by atoms with Crippen LogP contribution in [-0.4, -0.2) is 23.0 Å². The van der Waals surface area contributed by atoms with Gasteiger partial charge in [0.25, 0.3) is 0 Å². The molecule has 116 valence electrons. The van der Waals surface area contributed by atoms with Crippen LogP contribution in [0.1, 0.15) is 60.6 Å². The number of rotatable bonds is 3. The summed E-state index contributed by atoms with van der Waals surface area (Å²) in [5.74, 6) is 0.861. The molecule has 1 aromatic rings. The Morgan fingerprint density at radius 3 is 2.81 bits per heavy atom. The molecule has 1 saturated heterocycles. The highest BCUT2D eigenvalue weighted by atomic mass is 32.1. The van der Waals surface area contributed by atoms with Gasteiger partial charge in [-0.3, -0.25) is 4.79 Å². The van der Waals surface area contributed by atoms with Crippen LogP contribution in [0.3, 0.4) is 0 Å². The largest absolute Gasteiger partial charge is 0.347 e. The molecule has 4 atom stereocenters. The highest BCUT2D eigenvalue weighted by Crippen LogP contribution is 2.33. The topological polar surface area (TPSA) is 54.0 Å². The highest BCUT2D eigenvalue weighted by Gasteiger charge is 2.38. The molecule has 0 radical (unpaired) electrons. The number of hydrogen-bond donors (Lipinski definition) is 2. The second-order valence-corrected chi connectivity index (χ2v) is 7.75. The number of nitrogens with zero attached hydrogens (tertiary/aromatic N) is 1. The van der Waals surface area contributed by atoms with E-state index in [9.17, 15) is 4.79 Å². The van der Waals surface area contributed by atoms with E-state index < -0.39 is 0 Å². The summed E-state index contributed by atoms with van der Waals surface area (Å²) in [5.41, 5.74) is 1.04. The van der Waals surface area contributed by atoms with E-state index in [1.54, 1.807) is 11.3 Å². The third-order valence-corrected chi connectivity index (χ3v) is 6.13. The number of fused-ring (bicyclic) bond motifs is 1. The van der Waals surface area contributed by atoms with E-state index in [0.717, 1.165) is 17.1 Å². The molecule has 2 fully saturated rings. The fraction of sp³-hybridized carbons (Fsp3) is 0.750. The standard InChI is InChI=1S/C16H25N3OS/c1-9-15(21-11(3)17-9)10(2)18-16(20)14-8-12-6-4-5-7-13(12)19-14/h10,12-14,19H,4-8H2,1-3H3,(H,18,20). The van der Waals surface area contributed by atoms with E-state index in [2.05, 4.69) is 22.5 Å². The van der Waals surface area contributed by atoms with Crippen molar-refractivity contribution in [1.82, 2.24) is 15.6 Å². The normalized spacial score (nSPS) is 30.0. The van der Waals surface area contributed by atoms with Crippen LogP contribution in [0, 0.1) is 19.8 Å². The van der Waals surface area contributed by atoms with Gasteiger partial charge in [-0.25, -0.2) is 4.98 Å². The first-order chi connectivity index (χ1) is 10.0. The summed E-state index contributed by atoms with van der Waals surface area (Å²) in [4.78, 5) is 18.1. The van der Waals surface area contributed by atoms with Gasteiger partial charge in [0.15, 0.2) is 0 Å². The Bertz CT molecular complexity index is 514. The first kappa shape index (κ1) is 15.0. The first-order valence-electron chi connectivity index (χ1n) is 8.05. The minimum atomic E-state index is -0.00475. The van der Waals surface area contributed by atoms with Crippen molar-refractivity contribution < 1.29 is 4.79 Å². The number of thiazole rings is 1. The Labute approximate surface area is 130 Å². The maximum atomic E-state index is 12.5. The third kappa shape index (κ3) is 3.14. The van der Waals surface area contributed by atoms with Crippen molar-refractivity contribution in [2.24, 2.45) is 5.92 Å². The summed E-state index contributed by atoms with van der Waals surface area (Å²) < 4.78 is 0. The lowest BCUT2D eigenvalue weighted by Gasteiger charge is -2.24. The summed E-state index contributed by atoms with van der Waals surface area (Å²) >= 11 is 1.68. The van der Waals surface area contributed by atoms with Crippen molar-refractivity contribution in [3.63, 3.8) is 0 Å². The fourth-order valence-corrected chi connectivity index (χ4v) is 4.78. The molecule has 1 aliphatic heterocycles. The predicted molar refractivity (Wildman–Crippen MR) is 85.4 cm³/mol. The zero-order valence-corrected chi connectivity index (χ0v) is 13.9. The lowest BCUT2D eigenvalue weighted by molar-refractivity contribution is -0.123. The molecule has 3 rings (SSSR count). The van der Waals surface area contributed by atoms with Crippen LogP contribution < -0.4 is 10.6 Å². The van der Waals surface area contributed by atoms with E-state index in [1.807, 2.05) is 13.8 Å². The molecule has 4 unspecified atom stereocenters. The van der Waals surface area contributed by atoms with Gasteiger partial charge in [0.05, 0.1) is 22.8 Å². The van der Waals surface area contributed by atoms with E-state index in [-0.39, 0.29) is 18.0 Å². The maximum Gasteiger partial charge on any atom is 0.237 e. The summed E-state index contributed by atoms with van der Waals surface area (Å²) in [5, 5.41) is 7.78. The molecule has 0 aromatic carbocycles. The Balaban J connectivity index is 1.60. The quantitative estimate of drug-likeness (QED) is 0.903. The highest BCUT2D eigenvalue weighted by molar-refractivity contribution is 7.11. The molecule has 1 amide bonds. The number of carbonyl (C=O) groups is 1. The predicted octanol–water partition coefficient (Wildman–Crippen LogP) is 2.86. The number of aromatic nitrogens is 1. The van der Waals surface area contributed by atoms with Crippen LogP contribution in [0.4, 0.5) is 0 Å². The van der Waals surface area contributed by atoms with Gasteiger partial charge in [-0.1, -0.05) is 12.8 Å². The Morgan fingerprint density at radius 1 is 1.38 bits per heavy atom. The van der Waals surface area contributed by atoms with Gasteiger partial charge in [0.1, 0.15) is 0 Å². The van der Waals surface area contributed by atoms with Crippen molar-refractivity contribution in [1.29, 1.82) is 0 Å². The molecule has 5 heteroatoms. The molecule has 0 bridgehead atoms. The van der Waals surface area contributed by atoms with Crippen LogP contribution in [0.25, 0.3) is 0 Å². The number of hydrogen-bond acceptors (Lipinski definition) is 4. The van der Waals surface area contributed by atoms with Gasteiger partial charge in [0, 0.05) is 10.9 Å². The van der Waals surface area contributed by atoms with Crippen molar-refractivity contribution in [2.45, 2.75) is 71.0 Å². The summed E-state index contributed by atoms with van der Waals surface area (Å²) in [7, 11) is 0. The average molecular weight is 307 g/mol. The van der Waals surface area contributed by atoms with Gasteiger partial charge in [-0.05, 0) is 46.0 Å².